The molecule has 0 fully saturated rings. The number of methoxy groups -OCH3 is 1. The number of hydrazone groups is 1. The van der Waals surface area contributed by atoms with Gasteiger partial charge in [0.2, 0.25) is 18.0 Å². The molecule has 1 unspecified atom stereocenters. The molecule has 1 amide bonds. The summed E-state index contributed by atoms with van der Waals surface area (Å²) in [4.78, 5) is 22.6. The number of carbonyl (C=O) groups excluding carboxylic acids is 1. The number of carbonyl (C=O) groups is 1. The Morgan fingerprint density at radius 3 is 2.41 bits per heavy atom. The highest BCUT2D eigenvalue weighted by molar-refractivity contribution is 5.97. The number of hydrogen-bond acceptors (Lipinski definition) is 6. The van der Waals surface area contributed by atoms with Crippen molar-refractivity contribution in [1.82, 2.24) is 5.01 Å². The zero-order valence-corrected chi connectivity index (χ0v) is 15.7. The lowest BCUT2D eigenvalue weighted by atomic mass is 10.0. The molecule has 146 valence electrons. The van der Waals surface area contributed by atoms with Crippen molar-refractivity contribution in [1.29, 1.82) is 0 Å². The summed E-state index contributed by atoms with van der Waals surface area (Å²) < 4.78 is 11.5. The van der Waals surface area contributed by atoms with Gasteiger partial charge in [0.15, 0.2) is 0 Å². The molecule has 3 aromatic rings. The van der Waals surface area contributed by atoms with Crippen LogP contribution in [0.1, 0.15) is 24.3 Å². The number of hydrogen-bond donors (Lipinski definition) is 0. The van der Waals surface area contributed by atoms with E-state index < -0.39 is 11.2 Å². The van der Waals surface area contributed by atoms with E-state index >= 15 is 0 Å². The molecule has 1 aliphatic heterocycles. The predicted octanol–water partition coefficient (Wildman–Crippen LogP) is 4.00. The number of ether oxygens (including phenoxy) is 2. The molecular formula is C21H17N3O5. The average Bonchev–Trinajstić information content (AvgIpc) is 3.18. The standard InChI is InChI=1S/C21H17N3O5/c1-13(25)23-21(18-11-12-19(28-2)17-6-4-3-5-16(17)18)29-20(22-23)14-7-9-15(10-8-14)24(26)27/h3-12,21H,1-2H3. The summed E-state index contributed by atoms with van der Waals surface area (Å²) >= 11 is 0. The lowest BCUT2D eigenvalue weighted by molar-refractivity contribution is -0.384. The van der Waals surface area contributed by atoms with Crippen LogP contribution in [-0.2, 0) is 9.53 Å². The smallest absolute Gasteiger partial charge is 0.269 e. The van der Waals surface area contributed by atoms with Gasteiger partial charge in [-0.05, 0) is 29.7 Å². The monoisotopic (exact) mass is 391 g/mol. The topological polar surface area (TPSA) is 94.3 Å². The van der Waals surface area contributed by atoms with Crippen molar-refractivity contribution in [2.45, 2.75) is 13.2 Å². The minimum Gasteiger partial charge on any atom is -0.496 e. The van der Waals surface area contributed by atoms with Crippen LogP contribution in [0.2, 0.25) is 0 Å². The van der Waals surface area contributed by atoms with Gasteiger partial charge >= 0.3 is 0 Å². The minimum atomic E-state index is -0.756. The molecule has 0 radical (unpaired) electrons. The Morgan fingerprint density at radius 1 is 1.10 bits per heavy atom. The lowest BCUT2D eigenvalue weighted by Gasteiger charge is -2.21. The van der Waals surface area contributed by atoms with Gasteiger partial charge < -0.3 is 9.47 Å². The van der Waals surface area contributed by atoms with Gasteiger partial charge in [-0.25, -0.2) is 0 Å². The molecule has 1 atom stereocenters. The number of non-ortho nitro benzene ring substituents is 1. The van der Waals surface area contributed by atoms with Crippen molar-refractivity contribution in [3.8, 4) is 5.75 Å². The van der Waals surface area contributed by atoms with E-state index in [1.165, 1.54) is 24.1 Å². The summed E-state index contributed by atoms with van der Waals surface area (Å²) in [5, 5.41) is 18.2. The van der Waals surface area contributed by atoms with Crippen LogP contribution in [0.4, 0.5) is 5.69 Å². The Morgan fingerprint density at radius 2 is 1.79 bits per heavy atom. The first-order chi connectivity index (χ1) is 14.0. The first-order valence-electron chi connectivity index (χ1n) is 8.85. The van der Waals surface area contributed by atoms with Gasteiger partial charge in [-0.2, -0.15) is 5.01 Å². The highest BCUT2D eigenvalue weighted by Gasteiger charge is 2.34. The van der Waals surface area contributed by atoms with E-state index in [0.717, 1.165) is 16.3 Å². The normalized spacial score (nSPS) is 15.7. The molecule has 0 aliphatic carbocycles. The third kappa shape index (κ3) is 3.25. The summed E-state index contributed by atoms with van der Waals surface area (Å²) in [6, 6.07) is 17.2. The minimum absolute atomic E-state index is 0.0338. The third-order valence-electron chi connectivity index (χ3n) is 4.70. The Bertz CT molecular complexity index is 1140. The summed E-state index contributed by atoms with van der Waals surface area (Å²) in [5.74, 6) is 0.653. The summed E-state index contributed by atoms with van der Waals surface area (Å²) in [7, 11) is 1.60. The van der Waals surface area contributed by atoms with Crippen LogP contribution in [0.15, 0.2) is 65.8 Å². The second-order valence-electron chi connectivity index (χ2n) is 6.45. The zero-order valence-electron chi connectivity index (χ0n) is 15.7. The summed E-state index contributed by atoms with van der Waals surface area (Å²) in [5.41, 5.74) is 1.27. The molecule has 0 saturated carbocycles. The maximum absolute atomic E-state index is 12.2. The Labute approximate surface area is 166 Å². The molecule has 0 saturated heterocycles. The van der Waals surface area contributed by atoms with Crippen molar-refractivity contribution in [3.05, 3.63) is 81.9 Å². The highest BCUT2D eigenvalue weighted by atomic mass is 16.6. The Hall–Kier alpha value is -3.94. The second-order valence-corrected chi connectivity index (χ2v) is 6.45. The lowest BCUT2D eigenvalue weighted by Crippen LogP contribution is -2.25. The Kier molecular flexibility index (Phi) is 4.59. The molecule has 4 rings (SSSR count). The number of rotatable bonds is 4. The molecule has 3 aromatic carbocycles. The van der Waals surface area contributed by atoms with E-state index in [1.54, 1.807) is 19.2 Å². The zero-order chi connectivity index (χ0) is 20.5. The fourth-order valence-corrected chi connectivity index (χ4v) is 3.30. The molecule has 0 spiro atoms. The third-order valence-corrected chi connectivity index (χ3v) is 4.70. The Balaban J connectivity index is 1.75. The van der Waals surface area contributed by atoms with E-state index in [-0.39, 0.29) is 17.5 Å². The van der Waals surface area contributed by atoms with Crippen LogP contribution in [0.5, 0.6) is 5.75 Å². The van der Waals surface area contributed by atoms with Crippen LogP contribution in [0.3, 0.4) is 0 Å². The number of fused-ring (bicyclic) bond motifs is 1. The van der Waals surface area contributed by atoms with Crippen LogP contribution in [0.25, 0.3) is 10.8 Å². The summed E-state index contributed by atoms with van der Waals surface area (Å²) in [6.45, 7) is 1.41. The number of nitro benzene ring substituents is 1. The van der Waals surface area contributed by atoms with Crippen molar-refractivity contribution in [3.63, 3.8) is 0 Å². The first kappa shape index (κ1) is 18.4. The maximum atomic E-state index is 12.2. The number of benzene rings is 3. The maximum Gasteiger partial charge on any atom is 0.269 e. The van der Waals surface area contributed by atoms with Crippen LogP contribution >= 0.6 is 0 Å². The fourth-order valence-electron chi connectivity index (χ4n) is 3.30. The van der Waals surface area contributed by atoms with Gasteiger partial charge in [0.25, 0.3) is 5.69 Å². The van der Waals surface area contributed by atoms with E-state index in [4.69, 9.17) is 9.47 Å². The van der Waals surface area contributed by atoms with Crippen molar-refractivity contribution >= 4 is 28.3 Å². The SMILES string of the molecule is COc1ccc(C2OC(c3ccc([N+](=O)[O-])cc3)=NN2C(C)=O)c2ccccc12. The van der Waals surface area contributed by atoms with Crippen LogP contribution in [-0.4, -0.2) is 28.8 Å². The van der Waals surface area contributed by atoms with E-state index in [2.05, 4.69) is 5.10 Å². The molecule has 0 N–H and O–H groups in total. The molecule has 0 aromatic heterocycles. The quantitative estimate of drug-likeness (QED) is 0.495. The van der Waals surface area contributed by atoms with E-state index in [1.807, 2.05) is 36.4 Å². The van der Waals surface area contributed by atoms with Crippen molar-refractivity contribution < 1.29 is 19.2 Å². The van der Waals surface area contributed by atoms with E-state index in [9.17, 15) is 14.9 Å². The van der Waals surface area contributed by atoms with Gasteiger partial charge in [0.1, 0.15) is 5.75 Å². The second kappa shape index (κ2) is 7.23. The molecule has 29 heavy (non-hydrogen) atoms. The molecule has 8 nitrogen and oxygen atoms in total. The van der Waals surface area contributed by atoms with Crippen molar-refractivity contribution in [2.75, 3.05) is 7.11 Å². The first-order valence-corrected chi connectivity index (χ1v) is 8.85. The van der Waals surface area contributed by atoms with Gasteiger partial charge in [-0.15, -0.1) is 5.10 Å². The predicted molar refractivity (Wildman–Crippen MR) is 106 cm³/mol. The van der Waals surface area contributed by atoms with E-state index in [0.29, 0.717) is 11.3 Å². The molecule has 1 heterocycles. The largest absolute Gasteiger partial charge is 0.496 e. The molecule has 0 bridgehead atoms. The van der Waals surface area contributed by atoms with Crippen LogP contribution < -0.4 is 4.74 Å². The average molecular weight is 391 g/mol. The van der Waals surface area contributed by atoms with Crippen LogP contribution in [0, 0.1) is 10.1 Å². The number of amides is 1. The molecule has 8 heteroatoms. The molecule has 1 aliphatic rings. The van der Waals surface area contributed by atoms with Gasteiger partial charge in [0, 0.05) is 35.6 Å². The van der Waals surface area contributed by atoms with Gasteiger partial charge in [0.05, 0.1) is 12.0 Å². The molecular weight excluding hydrogens is 374 g/mol. The number of nitro groups is 1. The van der Waals surface area contributed by atoms with Crippen molar-refractivity contribution in [2.24, 2.45) is 5.10 Å². The fraction of sp³-hybridized carbons (Fsp3) is 0.143. The van der Waals surface area contributed by atoms with Gasteiger partial charge in [-0.3, -0.25) is 14.9 Å². The van der Waals surface area contributed by atoms with Gasteiger partial charge in [-0.1, -0.05) is 24.3 Å². The highest BCUT2D eigenvalue weighted by Crippen LogP contribution is 2.37. The number of nitrogens with zero attached hydrogens (tertiary/aromatic N) is 3. The summed E-state index contributed by atoms with van der Waals surface area (Å²) in [6.07, 6.45) is -0.756.